The molecule has 1 amide bonds. The van der Waals surface area contributed by atoms with Crippen molar-refractivity contribution in [1.82, 2.24) is 14.3 Å². The Morgan fingerprint density at radius 1 is 1.02 bits per heavy atom. The lowest BCUT2D eigenvalue weighted by molar-refractivity contribution is -0.139. The third-order valence-corrected chi connectivity index (χ3v) is 7.63. The van der Waals surface area contributed by atoms with Crippen LogP contribution in [0.2, 0.25) is 0 Å². The molecule has 0 bridgehead atoms. The summed E-state index contributed by atoms with van der Waals surface area (Å²) in [5.74, 6) is -0.314. The zero-order chi connectivity index (χ0) is 29.2. The summed E-state index contributed by atoms with van der Waals surface area (Å²) in [4.78, 5) is 28.2. The monoisotopic (exact) mass is 565 g/mol. The van der Waals surface area contributed by atoms with Gasteiger partial charge in [-0.15, -0.1) is 0 Å². The molecule has 0 saturated heterocycles. The molecule has 40 heavy (non-hydrogen) atoms. The van der Waals surface area contributed by atoms with E-state index >= 15 is 0 Å². The highest BCUT2D eigenvalue weighted by atomic mass is 32.2. The fraction of sp³-hybridized carbons (Fsp3) is 0.276. The smallest absolute Gasteiger partial charge is 0.408 e. The van der Waals surface area contributed by atoms with Crippen molar-refractivity contribution in [1.29, 1.82) is 0 Å². The highest BCUT2D eigenvalue weighted by molar-refractivity contribution is 7.90. The van der Waals surface area contributed by atoms with Crippen molar-refractivity contribution in [2.75, 3.05) is 0 Å². The Hall–Kier alpha value is -4.38. The van der Waals surface area contributed by atoms with E-state index in [0.29, 0.717) is 28.0 Å². The molecule has 2 aromatic carbocycles. The molecule has 10 nitrogen and oxygen atoms in total. The van der Waals surface area contributed by atoms with Gasteiger partial charge in [-0.25, -0.2) is 27.0 Å². The molecule has 1 atom stereocenters. The molecule has 1 unspecified atom stereocenters. The zero-order valence-corrected chi connectivity index (χ0v) is 23.7. The van der Waals surface area contributed by atoms with Gasteiger partial charge in [-0.1, -0.05) is 29.8 Å². The maximum absolute atomic E-state index is 13.4. The third kappa shape index (κ3) is 6.42. The number of carbonyl (C=O) groups excluding carboxylic acids is 1. The number of hydrogen-bond donors (Lipinski definition) is 2. The van der Waals surface area contributed by atoms with Crippen LogP contribution in [0.1, 0.15) is 37.5 Å². The molecule has 2 aromatic heterocycles. The summed E-state index contributed by atoms with van der Waals surface area (Å²) in [5, 5.41) is 12.5. The highest BCUT2D eigenvalue weighted by Crippen LogP contribution is 2.34. The number of carbonyl (C=O) groups is 2. The van der Waals surface area contributed by atoms with E-state index in [2.05, 4.69) is 10.3 Å². The van der Waals surface area contributed by atoms with Gasteiger partial charge in [-0.2, -0.15) is 0 Å². The lowest BCUT2D eigenvalue weighted by atomic mass is 10.1. The van der Waals surface area contributed by atoms with Gasteiger partial charge in [-0.3, -0.25) is 0 Å². The number of ether oxygens (including phenoxy) is 2. The molecule has 11 heteroatoms. The summed E-state index contributed by atoms with van der Waals surface area (Å²) in [6.07, 6.45) is 2.22. The van der Waals surface area contributed by atoms with Crippen LogP contribution in [0.3, 0.4) is 0 Å². The number of nitrogens with zero attached hydrogens (tertiary/aromatic N) is 2. The molecular formula is C29H31N3O7S. The maximum atomic E-state index is 13.4. The fourth-order valence-corrected chi connectivity index (χ4v) is 5.44. The molecule has 210 valence electrons. The number of aliphatic carboxylic acids is 1. The number of nitrogens with one attached hydrogen (secondary N) is 1. The summed E-state index contributed by atoms with van der Waals surface area (Å²) in [5.41, 5.74) is 1.76. The van der Waals surface area contributed by atoms with Crippen molar-refractivity contribution in [3.63, 3.8) is 0 Å². The molecule has 0 radical (unpaired) electrons. The van der Waals surface area contributed by atoms with E-state index in [1.165, 1.54) is 12.4 Å². The van der Waals surface area contributed by atoms with Gasteiger partial charge in [0.1, 0.15) is 23.1 Å². The Labute approximate surface area is 232 Å². The van der Waals surface area contributed by atoms with Crippen LogP contribution in [0.5, 0.6) is 11.5 Å². The lowest BCUT2D eigenvalue weighted by Crippen LogP contribution is -2.44. The molecule has 0 fully saturated rings. The third-order valence-electron chi connectivity index (χ3n) is 5.96. The molecule has 2 N–H and O–H groups in total. The van der Waals surface area contributed by atoms with Crippen LogP contribution in [-0.2, 0) is 26.0 Å². The normalized spacial score (nSPS) is 12.6. The Kier molecular flexibility index (Phi) is 7.88. The molecule has 0 aliphatic carbocycles. The highest BCUT2D eigenvalue weighted by Gasteiger charge is 2.25. The molecule has 4 rings (SSSR count). The van der Waals surface area contributed by atoms with Gasteiger partial charge in [0.15, 0.2) is 5.65 Å². The van der Waals surface area contributed by atoms with Crippen LogP contribution < -0.4 is 10.1 Å². The Bertz CT molecular complexity index is 1650. The quantitative estimate of drug-likeness (QED) is 0.297. The SMILES string of the molecule is Cc1ccc(S(=O)(=O)n2cc(C)c3c(Oc4ccc(CC(NC(=O)OC(C)(C)C)C(=O)O)cc4)ccnc32)cc1. The van der Waals surface area contributed by atoms with E-state index in [1.807, 2.05) is 6.92 Å². The summed E-state index contributed by atoms with van der Waals surface area (Å²) >= 11 is 0. The van der Waals surface area contributed by atoms with E-state index in [1.54, 1.807) is 82.3 Å². The fourth-order valence-electron chi connectivity index (χ4n) is 4.07. The van der Waals surface area contributed by atoms with E-state index in [4.69, 9.17) is 9.47 Å². The first-order chi connectivity index (χ1) is 18.7. The van der Waals surface area contributed by atoms with Crippen molar-refractivity contribution in [3.8, 4) is 11.5 Å². The Balaban J connectivity index is 1.55. The van der Waals surface area contributed by atoms with Crippen molar-refractivity contribution < 1.29 is 32.6 Å². The van der Waals surface area contributed by atoms with Crippen LogP contribution in [0, 0.1) is 13.8 Å². The number of carboxylic acids is 1. The number of hydrogen-bond acceptors (Lipinski definition) is 7. The van der Waals surface area contributed by atoms with Gasteiger partial charge in [0.2, 0.25) is 0 Å². The first-order valence-electron chi connectivity index (χ1n) is 12.5. The second kappa shape index (κ2) is 11.0. The molecule has 4 aromatic rings. The second-order valence-electron chi connectivity index (χ2n) is 10.4. The van der Waals surface area contributed by atoms with Gasteiger partial charge in [0, 0.05) is 18.8 Å². The maximum Gasteiger partial charge on any atom is 0.408 e. The predicted molar refractivity (Wildman–Crippen MR) is 149 cm³/mol. The lowest BCUT2D eigenvalue weighted by Gasteiger charge is -2.22. The van der Waals surface area contributed by atoms with Gasteiger partial charge in [0.05, 0.1) is 10.3 Å². The average Bonchev–Trinajstić information content (AvgIpc) is 3.22. The number of aryl methyl sites for hydroxylation is 2. The van der Waals surface area contributed by atoms with E-state index in [0.717, 1.165) is 9.54 Å². The van der Waals surface area contributed by atoms with Crippen molar-refractivity contribution in [2.24, 2.45) is 0 Å². The summed E-state index contributed by atoms with van der Waals surface area (Å²) in [6, 6.07) is 13.8. The van der Waals surface area contributed by atoms with Crippen LogP contribution >= 0.6 is 0 Å². The topological polar surface area (TPSA) is 137 Å². The van der Waals surface area contributed by atoms with Gasteiger partial charge in [0.25, 0.3) is 10.0 Å². The summed E-state index contributed by atoms with van der Waals surface area (Å²) in [7, 11) is -3.88. The minimum absolute atomic E-state index is 0.0349. The van der Waals surface area contributed by atoms with Crippen LogP contribution in [0.25, 0.3) is 11.0 Å². The van der Waals surface area contributed by atoms with Crippen molar-refractivity contribution in [2.45, 2.75) is 57.6 Å². The predicted octanol–water partition coefficient (Wildman–Crippen LogP) is 5.20. The number of alkyl carbamates (subject to hydrolysis) is 1. The minimum atomic E-state index is -3.88. The second-order valence-corrected chi connectivity index (χ2v) is 12.2. The number of carboxylic acid groups (broad SMARTS) is 1. The van der Waals surface area contributed by atoms with Gasteiger partial charge in [-0.05, 0) is 76.1 Å². The van der Waals surface area contributed by atoms with Crippen LogP contribution in [-0.4, -0.2) is 46.2 Å². The number of aromatic nitrogens is 2. The number of amides is 1. The average molecular weight is 566 g/mol. The van der Waals surface area contributed by atoms with Gasteiger partial charge < -0.3 is 19.9 Å². The molecular weight excluding hydrogens is 534 g/mol. The number of pyridine rings is 1. The van der Waals surface area contributed by atoms with E-state index in [-0.39, 0.29) is 17.0 Å². The molecule has 0 aliphatic rings. The van der Waals surface area contributed by atoms with E-state index in [9.17, 15) is 23.1 Å². The zero-order valence-electron chi connectivity index (χ0n) is 22.8. The summed E-state index contributed by atoms with van der Waals surface area (Å²) < 4.78 is 39.1. The molecule has 0 saturated carbocycles. The van der Waals surface area contributed by atoms with Crippen LogP contribution in [0.15, 0.2) is 71.9 Å². The molecule has 2 heterocycles. The summed E-state index contributed by atoms with van der Waals surface area (Å²) in [6.45, 7) is 8.74. The first-order valence-corrected chi connectivity index (χ1v) is 14.0. The van der Waals surface area contributed by atoms with Crippen molar-refractivity contribution in [3.05, 3.63) is 83.7 Å². The molecule has 0 aliphatic heterocycles. The first kappa shape index (κ1) is 28.6. The number of benzene rings is 2. The Morgan fingerprint density at radius 2 is 1.68 bits per heavy atom. The largest absolute Gasteiger partial charge is 0.480 e. The Morgan fingerprint density at radius 3 is 2.27 bits per heavy atom. The minimum Gasteiger partial charge on any atom is -0.480 e. The number of fused-ring (bicyclic) bond motifs is 1. The van der Waals surface area contributed by atoms with Gasteiger partial charge >= 0.3 is 12.1 Å². The van der Waals surface area contributed by atoms with Crippen LogP contribution in [0.4, 0.5) is 4.79 Å². The van der Waals surface area contributed by atoms with E-state index < -0.39 is 33.7 Å². The molecule has 0 spiro atoms. The standard InChI is InChI=1S/C29H31N3O7S/c1-18-6-12-22(13-7-18)40(36,37)32-17-19(2)25-24(14-15-30-26(25)32)38-21-10-8-20(9-11-21)16-23(27(33)34)31-28(35)39-29(3,4)5/h6-15,17,23H,16H2,1-5H3,(H,31,35)(H,33,34). The number of rotatable bonds is 8. The van der Waals surface area contributed by atoms with Crippen molar-refractivity contribution >= 4 is 33.1 Å².